The Morgan fingerprint density at radius 3 is 2.33 bits per heavy atom. The molecule has 4 N–H and O–H groups in total. The zero-order chi connectivity index (χ0) is 28.1. The van der Waals surface area contributed by atoms with E-state index in [1.54, 1.807) is 30.3 Å². The van der Waals surface area contributed by atoms with Crippen LogP contribution in [0.15, 0.2) is 72.8 Å². The third-order valence-electron chi connectivity index (χ3n) is 7.01. The van der Waals surface area contributed by atoms with E-state index in [4.69, 9.17) is 4.84 Å². The molecule has 40 heavy (non-hydrogen) atoms. The van der Waals surface area contributed by atoms with Crippen molar-refractivity contribution in [3.8, 4) is 0 Å². The van der Waals surface area contributed by atoms with Crippen LogP contribution in [0.4, 0.5) is 11.4 Å². The number of amides is 2. The number of piperazine rings is 1. The van der Waals surface area contributed by atoms with Gasteiger partial charge in [0.1, 0.15) is 0 Å². The first-order valence-corrected chi connectivity index (χ1v) is 13.1. The van der Waals surface area contributed by atoms with Gasteiger partial charge in [0.25, 0.3) is 11.8 Å². The van der Waals surface area contributed by atoms with Gasteiger partial charge in [-0.05, 0) is 49.0 Å². The van der Waals surface area contributed by atoms with E-state index in [0.717, 1.165) is 38.3 Å². The maximum atomic E-state index is 13.1. The lowest BCUT2D eigenvalue weighted by atomic mass is 9.99. The van der Waals surface area contributed by atoms with E-state index in [0.29, 0.717) is 40.4 Å². The highest BCUT2D eigenvalue weighted by Crippen LogP contribution is 2.38. The fraction of sp³-hybridized carbons (Fsp3) is 0.233. The molecule has 1 saturated heterocycles. The molecule has 5 rings (SSSR count). The molecule has 206 valence electrons. The van der Waals surface area contributed by atoms with Gasteiger partial charge in [-0.15, -0.1) is 0 Å². The molecule has 10 nitrogen and oxygen atoms in total. The molecule has 3 aromatic carbocycles. The van der Waals surface area contributed by atoms with Crippen LogP contribution in [-0.2, 0) is 9.63 Å². The van der Waals surface area contributed by atoms with E-state index in [2.05, 4.69) is 33.0 Å². The van der Waals surface area contributed by atoms with E-state index in [9.17, 15) is 19.5 Å². The molecule has 0 unspecified atom stereocenters. The lowest BCUT2D eigenvalue weighted by Gasteiger charge is -2.32. The van der Waals surface area contributed by atoms with Crippen molar-refractivity contribution in [3.63, 3.8) is 0 Å². The Labute approximate surface area is 232 Å². The van der Waals surface area contributed by atoms with Crippen molar-refractivity contribution < 1.29 is 24.3 Å². The van der Waals surface area contributed by atoms with Gasteiger partial charge in [-0.25, -0.2) is 10.3 Å². The molecule has 2 amide bonds. The molecule has 2 heterocycles. The summed E-state index contributed by atoms with van der Waals surface area (Å²) in [5.74, 6) is -1.75. The highest BCUT2D eigenvalue weighted by atomic mass is 16.7. The van der Waals surface area contributed by atoms with Crippen LogP contribution in [0.25, 0.3) is 11.3 Å². The molecule has 0 bridgehead atoms. The maximum Gasteiger partial charge on any atom is 0.335 e. The van der Waals surface area contributed by atoms with Crippen LogP contribution >= 0.6 is 0 Å². The number of hydroxylamine groups is 1. The zero-order valence-electron chi connectivity index (χ0n) is 22.1. The van der Waals surface area contributed by atoms with Gasteiger partial charge < -0.3 is 20.6 Å². The molecule has 0 spiro atoms. The summed E-state index contributed by atoms with van der Waals surface area (Å²) in [6.07, 6.45) is 0. The Bertz CT molecular complexity index is 1430. The number of anilines is 2. The van der Waals surface area contributed by atoms with Crippen molar-refractivity contribution in [3.05, 3.63) is 95.1 Å². The summed E-state index contributed by atoms with van der Waals surface area (Å²) in [6, 6.07) is 20.8. The highest BCUT2D eigenvalue weighted by Gasteiger charge is 2.29. The molecule has 0 saturated carbocycles. The summed E-state index contributed by atoms with van der Waals surface area (Å²) in [7, 11) is 2.11. The van der Waals surface area contributed by atoms with Crippen molar-refractivity contribution >= 4 is 40.4 Å². The number of aromatic carboxylic acids is 1. The van der Waals surface area contributed by atoms with Crippen LogP contribution in [0.1, 0.15) is 31.8 Å². The number of rotatable bonds is 9. The number of carboxylic acid groups (broad SMARTS) is 1. The van der Waals surface area contributed by atoms with Gasteiger partial charge >= 0.3 is 5.97 Å². The number of nitrogens with one attached hydrogen (secondary N) is 3. The number of carboxylic acids is 1. The lowest BCUT2D eigenvalue weighted by Crippen LogP contribution is -2.45. The van der Waals surface area contributed by atoms with Crippen molar-refractivity contribution in [2.24, 2.45) is 0 Å². The average Bonchev–Trinajstić information content (AvgIpc) is 3.30. The van der Waals surface area contributed by atoms with E-state index in [1.165, 1.54) is 12.1 Å². The van der Waals surface area contributed by atoms with Crippen LogP contribution in [0, 0.1) is 0 Å². The molecule has 2 aliphatic rings. The second kappa shape index (κ2) is 12.1. The monoisotopic (exact) mass is 541 g/mol. The molecule has 10 heteroatoms. The number of likely N-dealkylation sites (N-methyl/N-ethyl adjacent to an activating group) is 1. The topological polar surface area (TPSA) is 123 Å². The van der Waals surface area contributed by atoms with Crippen LogP contribution < -0.4 is 16.1 Å². The van der Waals surface area contributed by atoms with Crippen molar-refractivity contribution in [1.29, 1.82) is 0 Å². The van der Waals surface area contributed by atoms with Crippen molar-refractivity contribution in [2.45, 2.75) is 0 Å². The molecular formula is C30H31N5O5. The Hall–Kier alpha value is -4.51. The Morgan fingerprint density at radius 1 is 0.925 bits per heavy atom. The molecule has 0 aromatic heterocycles. The standard InChI is InChI=1S/C30H31N5O5/c1-34-13-15-35(16-14-34)17-18-40-33-28(36)21-7-10-23(11-8-21)31-27(20-5-3-2-4-6-20)26-24-12-9-22(30(38)39)19-25(24)32-29(26)37/h2-12,19,31H,13-18H2,1H3,(H,32,37)(H,33,36)(H,38,39)/b27-26+. The number of carbonyl (C=O) groups is 3. The van der Waals surface area contributed by atoms with Gasteiger partial charge in [0.05, 0.1) is 29.1 Å². The zero-order valence-corrected chi connectivity index (χ0v) is 22.1. The first kappa shape index (κ1) is 27.1. The fourth-order valence-corrected chi connectivity index (χ4v) is 4.71. The van der Waals surface area contributed by atoms with Gasteiger partial charge in [-0.1, -0.05) is 36.4 Å². The normalized spacial score (nSPS) is 16.7. The Morgan fingerprint density at radius 2 is 1.62 bits per heavy atom. The molecule has 0 atom stereocenters. The minimum Gasteiger partial charge on any atom is -0.478 e. The summed E-state index contributed by atoms with van der Waals surface area (Å²) in [6.45, 7) is 5.18. The number of benzene rings is 3. The van der Waals surface area contributed by atoms with Gasteiger partial charge in [0, 0.05) is 49.5 Å². The van der Waals surface area contributed by atoms with Crippen molar-refractivity contribution in [1.82, 2.24) is 15.3 Å². The summed E-state index contributed by atoms with van der Waals surface area (Å²) >= 11 is 0. The molecule has 2 aliphatic heterocycles. The van der Waals surface area contributed by atoms with Crippen LogP contribution in [0.2, 0.25) is 0 Å². The largest absolute Gasteiger partial charge is 0.478 e. The maximum absolute atomic E-state index is 13.1. The van der Waals surface area contributed by atoms with Crippen LogP contribution in [0.5, 0.6) is 0 Å². The number of fused-ring (bicyclic) bond motifs is 1. The summed E-state index contributed by atoms with van der Waals surface area (Å²) < 4.78 is 0. The molecular weight excluding hydrogens is 510 g/mol. The first-order chi connectivity index (χ1) is 19.4. The van der Waals surface area contributed by atoms with Crippen LogP contribution in [0.3, 0.4) is 0 Å². The number of nitrogens with zero attached hydrogens (tertiary/aromatic N) is 2. The SMILES string of the molecule is CN1CCN(CCONC(=O)c2ccc(N/C(=C3/C(=O)Nc4cc(C(=O)O)ccc43)c3ccccc3)cc2)CC1. The van der Waals surface area contributed by atoms with Gasteiger partial charge in [0.2, 0.25) is 0 Å². The van der Waals surface area contributed by atoms with Gasteiger partial charge in [0.15, 0.2) is 0 Å². The number of hydrogen-bond acceptors (Lipinski definition) is 7. The van der Waals surface area contributed by atoms with Crippen molar-refractivity contribution in [2.75, 3.05) is 57.0 Å². The number of carbonyl (C=O) groups excluding carboxylic acids is 2. The highest BCUT2D eigenvalue weighted by molar-refractivity contribution is 6.37. The molecule has 3 aromatic rings. The second-order valence-corrected chi connectivity index (χ2v) is 9.76. The molecule has 1 fully saturated rings. The third kappa shape index (κ3) is 6.20. The molecule has 0 radical (unpaired) electrons. The smallest absolute Gasteiger partial charge is 0.335 e. The minimum absolute atomic E-state index is 0.0895. The second-order valence-electron chi connectivity index (χ2n) is 9.76. The van der Waals surface area contributed by atoms with E-state index >= 15 is 0 Å². The quantitative estimate of drug-likeness (QED) is 0.185. The van der Waals surface area contributed by atoms with E-state index < -0.39 is 5.97 Å². The summed E-state index contributed by atoms with van der Waals surface area (Å²) in [5.41, 5.74) is 6.48. The minimum atomic E-state index is -1.07. The Balaban J connectivity index is 1.29. The average molecular weight is 542 g/mol. The van der Waals surface area contributed by atoms with Gasteiger partial charge in [-0.3, -0.25) is 19.3 Å². The number of hydrogen-bond donors (Lipinski definition) is 4. The summed E-state index contributed by atoms with van der Waals surface area (Å²) in [4.78, 5) is 47.1. The first-order valence-electron chi connectivity index (χ1n) is 13.1. The van der Waals surface area contributed by atoms with Gasteiger partial charge in [-0.2, -0.15) is 0 Å². The Kier molecular flexibility index (Phi) is 8.20. The third-order valence-corrected chi connectivity index (χ3v) is 7.01. The fourth-order valence-electron chi connectivity index (χ4n) is 4.71. The van der Waals surface area contributed by atoms with E-state index in [-0.39, 0.29) is 17.4 Å². The predicted molar refractivity (Wildman–Crippen MR) is 153 cm³/mol. The van der Waals surface area contributed by atoms with E-state index in [1.807, 2.05) is 30.3 Å². The molecule has 0 aliphatic carbocycles. The lowest BCUT2D eigenvalue weighted by molar-refractivity contribution is -0.110. The predicted octanol–water partition coefficient (Wildman–Crippen LogP) is 3.23. The van der Waals surface area contributed by atoms with Crippen LogP contribution in [-0.4, -0.2) is 79.1 Å². The summed E-state index contributed by atoms with van der Waals surface area (Å²) in [5, 5.41) is 15.4.